The van der Waals surface area contributed by atoms with E-state index in [9.17, 15) is 4.79 Å². The van der Waals surface area contributed by atoms with Gasteiger partial charge in [0.25, 0.3) is 5.91 Å². The van der Waals surface area contributed by atoms with Crippen LogP contribution in [0.15, 0.2) is 49.2 Å². The van der Waals surface area contributed by atoms with Crippen LogP contribution in [0, 0.1) is 5.41 Å². The van der Waals surface area contributed by atoms with Gasteiger partial charge in [-0.25, -0.2) is 4.98 Å². The van der Waals surface area contributed by atoms with Crippen molar-refractivity contribution in [1.82, 2.24) is 34.1 Å². The van der Waals surface area contributed by atoms with Crippen molar-refractivity contribution < 1.29 is 4.79 Å². The molecule has 8 heteroatoms. The van der Waals surface area contributed by atoms with E-state index in [1.807, 2.05) is 19.0 Å². The molecular formula is C23H29N7O. The average molecular weight is 420 g/mol. The maximum Gasteiger partial charge on any atom is 0.272 e. The van der Waals surface area contributed by atoms with Gasteiger partial charge in [-0.2, -0.15) is 0 Å². The molecule has 2 aliphatic heterocycles. The summed E-state index contributed by atoms with van der Waals surface area (Å²) in [7, 11) is 3.90. The maximum atomic E-state index is 13.0. The summed E-state index contributed by atoms with van der Waals surface area (Å²) in [5.41, 5.74) is 2.09. The minimum absolute atomic E-state index is 0.0733. The van der Waals surface area contributed by atoms with E-state index in [0.29, 0.717) is 11.6 Å². The van der Waals surface area contributed by atoms with E-state index in [1.54, 1.807) is 23.4 Å². The van der Waals surface area contributed by atoms with Gasteiger partial charge < -0.3 is 14.0 Å². The predicted molar refractivity (Wildman–Crippen MR) is 116 cm³/mol. The number of imidazole rings is 1. The molecule has 5 rings (SSSR count). The highest BCUT2D eigenvalue weighted by molar-refractivity contribution is 5.92. The summed E-state index contributed by atoms with van der Waals surface area (Å²) in [6.45, 7) is 4.45. The standard InChI is InChI=1S/C23H29N7O/c1-27-16-24-12-20(27)22(31)30-10-8-23(9-11-30)15-29(13-18-6-4-3-5-7-18)14-19(23)21-26-25-17-28(21)2/h3-7,12,16-17,19H,8-11,13-15H2,1-2H3. The fourth-order valence-electron chi connectivity index (χ4n) is 5.38. The van der Waals surface area contributed by atoms with Crippen molar-refractivity contribution in [3.05, 3.63) is 66.3 Å². The molecule has 1 unspecified atom stereocenters. The number of likely N-dealkylation sites (tertiary alicyclic amines) is 2. The van der Waals surface area contributed by atoms with Crippen molar-refractivity contribution in [3.63, 3.8) is 0 Å². The van der Waals surface area contributed by atoms with Gasteiger partial charge in [0.1, 0.15) is 17.8 Å². The van der Waals surface area contributed by atoms with E-state index < -0.39 is 0 Å². The summed E-state index contributed by atoms with van der Waals surface area (Å²) in [5.74, 6) is 1.45. The number of aromatic nitrogens is 5. The highest BCUT2D eigenvalue weighted by atomic mass is 16.2. The Bertz CT molecular complexity index is 1050. The zero-order valence-corrected chi connectivity index (χ0v) is 18.2. The smallest absolute Gasteiger partial charge is 0.272 e. The first kappa shape index (κ1) is 19.9. The summed E-state index contributed by atoms with van der Waals surface area (Å²) < 4.78 is 3.86. The van der Waals surface area contributed by atoms with Gasteiger partial charge in [0.2, 0.25) is 0 Å². The number of piperidine rings is 1. The molecule has 2 aliphatic rings. The van der Waals surface area contributed by atoms with E-state index in [4.69, 9.17) is 0 Å². The fraction of sp³-hybridized carbons (Fsp3) is 0.478. The fourth-order valence-corrected chi connectivity index (χ4v) is 5.38. The molecule has 1 aromatic carbocycles. The quantitative estimate of drug-likeness (QED) is 0.647. The van der Waals surface area contributed by atoms with Crippen LogP contribution in [0.1, 0.15) is 40.6 Å². The lowest BCUT2D eigenvalue weighted by atomic mass is 9.70. The molecule has 0 N–H and O–H groups in total. The van der Waals surface area contributed by atoms with Crippen molar-refractivity contribution in [1.29, 1.82) is 0 Å². The topological polar surface area (TPSA) is 72.1 Å². The number of hydrogen-bond donors (Lipinski definition) is 0. The van der Waals surface area contributed by atoms with E-state index in [2.05, 4.69) is 55.0 Å². The van der Waals surface area contributed by atoms with E-state index in [1.165, 1.54) is 5.56 Å². The Morgan fingerprint density at radius 3 is 2.52 bits per heavy atom. The summed E-state index contributed by atoms with van der Waals surface area (Å²) >= 11 is 0. The molecule has 3 aromatic rings. The molecule has 2 aromatic heterocycles. The molecule has 1 atom stereocenters. The van der Waals surface area contributed by atoms with E-state index in [-0.39, 0.29) is 11.3 Å². The van der Waals surface area contributed by atoms with Gasteiger partial charge in [-0.15, -0.1) is 10.2 Å². The van der Waals surface area contributed by atoms with Crippen molar-refractivity contribution >= 4 is 5.91 Å². The minimum Gasteiger partial charge on any atom is -0.337 e. The van der Waals surface area contributed by atoms with Crippen LogP contribution in [0.5, 0.6) is 0 Å². The van der Waals surface area contributed by atoms with E-state index >= 15 is 0 Å². The lowest BCUT2D eigenvalue weighted by Crippen LogP contribution is -2.46. The predicted octanol–water partition coefficient (Wildman–Crippen LogP) is 2.07. The molecule has 0 saturated carbocycles. The molecule has 4 heterocycles. The third-order valence-corrected chi connectivity index (χ3v) is 7.11. The normalized spacial score (nSPS) is 21.1. The summed E-state index contributed by atoms with van der Waals surface area (Å²) in [6, 6.07) is 10.6. The Labute approximate surface area is 182 Å². The number of rotatable bonds is 4. The second-order valence-electron chi connectivity index (χ2n) is 9.05. The lowest BCUT2D eigenvalue weighted by molar-refractivity contribution is 0.0546. The van der Waals surface area contributed by atoms with Gasteiger partial charge in [-0.05, 0) is 23.8 Å². The Morgan fingerprint density at radius 2 is 1.87 bits per heavy atom. The van der Waals surface area contributed by atoms with Gasteiger partial charge in [0, 0.05) is 52.7 Å². The number of hydrogen-bond acceptors (Lipinski definition) is 5. The van der Waals surface area contributed by atoms with Gasteiger partial charge in [-0.3, -0.25) is 9.69 Å². The van der Waals surface area contributed by atoms with Crippen molar-refractivity contribution in [2.75, 3.05) is 26.2 Å². The molecule has 0 bridgehead atoms. The van der Waals surface area contributed by atoms with Gasteiger partial charge in [0.05, 0.1) is 12.5 Å². The lowest BCUT2D eigenvalue weighted by Gasteiger charge is -2.42. The molecule has 2 saturated heterocycles. The zero-order chi connectivity index (χ0) is 21.4. The van der Waals surface area contributed by atoms with Crippen LogP contribution >= 0.6 is 0 Å². The SMILES string of the molecule is Cn1cncc1C(=O)N1CCC2(CC1)CN(Cc1ccccc1)CC2c1nncn1C. The second-order valence-corrected chi connectivity index (χ2v) is 9.05. The molecule has 1 spiro atoms. The van der Waals surface area contributed by atoms with Crippen LogP contribution in [-0.2, 0) is 20.6 Å². The molecule has 8 nitrogen and oxygen atoms in total. The van der Waals surface area contributed by atoms with Crippen LogP contribution in [-0.4, -0.2) is 66.2 Å². The van der Waals surface area contributed by atoms with Gasteiger partial charge in [-0.1, -0.05) is 30.3 Å². The van der Waals surface area contributed by atoms with Crippen LogP contribution in [0.3, 0.4) is 0 Å². The minimum atomic E-state index is 0.0733. The Morgan fingerprint density at radius 1 is 1.10 bits per heavy atom. The van der Waals surface area contributed by atoms with Gasteiger partial charge in [0.15, 0.2) is 0 Å². The van der Waals surface area contributed by atoms with Crippen molar-refractivity contribution in [3.8, 4) is 0 Å². The van der Waals surface area contributed by atoms with Gasteiger partial charge >= 0.3 is 0 Å². The molecule has 0 aliphatic carbocycles. The Kier molecular flexibility index (Phi) is 5.09. The molecule has 1 amide bonds. The first-order valence-electron chi connectivity index (χ1n) is 10.9. The molecule has 31 heavy (non-hydrogen) atoms. The number of benzene rings is 1. The van der Waals surface area contributed by atoms with Crippen LogP contribution < -0.4 is 0 Å². The Balaban J connectivity index is 1.36. The number of aryl methyl sites for hydroxylation is 2. The highest BCUT2D eigenvalue weighted by Crippen LogP contribution is 2.49. The number of carbonyl (C=O) groups is 1. The van der Waals surface area contributed by atoms with Crippen LogP contribution in [0.25, 0.3) is 0 Å². The molecule has 2 fully saturated rings. The van der Waals surface area contributed by atoms with E-state index in [0.717, 1.165) is 51.4 Å². The van der Waals surface area contributed by atoms with Crippen molar-refractivity contribution in [2.45, 2.75) is 25.3 Å². The molecule has 162 valence electrons. The second kappa shape index (κ2) is 7.92. The number of carbonyl (C=O) groups excluding carboxylic acids is 1. The monoisotopic (exact) mass is 419 g/mol. The first-order chi connectivity index (χ1) is 15.1. The molecular weight excluding hydrogens is 390 g/mol. The highest BCUT2D eigenvalue weighted by Gasteiger charge is 2.50. The summed E-state index contributed by atoms with van der Waals surface area (Å²) in [5, 5.41) is 8.65. The number of amides is 1. The average Bonchev–Trinajstić information content (AvgIpc) is 3.48. The third kappa shape index (κ3) is 3.65. The maximum absolute atomic E-state index is 13.0. The summed E-state index contributed by atoms with van der Waals surface area (Å²) in [6.07, 6.45) is 7.08. The van der Waals surface area contributed by atoms with Crippen LogP contribution in [0.4, 0.5) is 0 Å². The molecule has 0 radical (unpaired) electrons. The number of nitrogens with zero attached hydrogens (tertiary/aromatic N) is 7. The largest absolute Gasteiger partial charge is 0.337 e. The third-order valence-electron chi connectivity index (χ3n) is 7.11. The van der Waals surface area contributed by atoms with Crippen LogP contribution in [0.2, 0.25) is 0 Å². The zero-order valence-electron chi connectivity index (χ0n) is 18.2. The van der Waals surface area contributed by atoms with Crippen molar-refractivity contribution in [2.24, 2.45) is 19.5 Å². The first-order valence-corrected chi connectivity index (χ1v) is 10.9. The summed E-state index contributed by atoms with van der Waals surface area (Å²) in [4.78, 5) is 21.6. The Hall–Kier alpha value is -3.00.